The molecule has 2 rings (SSSR count). The minimum Gasteiger partial charge on any atom is -0.350 e. The number of hydrogen-bond donors (Lipinski definition) is 2. The van der Waals surface area contributed by atoms with Crippen molar-refractivity contribution in [3.05, 3.63) is 35.4 Å². The lowest BCUT2D eigenvalue weighted by molar-refractivity contribution is -0.121. The highest BCUT2D eigenvalue weighted by Gasteiger charge is 2.15. The molecule has 0 radical (unpaired) electrons. The molecule has 0 spiro atoms. The average Bonchev–Trinajstić information content (AvgIpc) is 2.53. The fourth-order valence-electron chi connectivity index (χ4n) is 2.86. The fraction of sp³-hybridized carbons (Fsp3) is 0.579. The summed E-state index contributed by atoms with van der Waals surface area (Å²) in [6, 6.07) is 7.66. The highest BCUT2D eigenvalue weighted by molar-refractivity contribution is 5.96. The van der Waals surface area contributed by atoms with Gasteiger partial charge in [0, 0.05) is 17.6 Å². The smallest absolute Gasteiger partial charge is 0.251 e. The molecule has 0 aromatic heterocycles. The first-order valence-corrected chi connectivity index (χ1v) is 8.74. The first-order chi connectivity index (χ1) is 11.3. The van der Waals surface area contributed by atoms with E-state index < -0.39 is 0 Å². The number of carbonyl (C=O) groups is 2. The molecule has 1 aliphatic rings. The molecule has 2 amide bonds. The number of hydrogen-bond acceptors (Lipinski definition) is 3. The van der Waals surface area contributed by atoms with Gasteiger partial charge in [-0.15, -0.1) is 0 Å². The summed E-state index contributed by atoms with van der Waals surface area (Å²) >= 11 is 0. The number of likely N-dealkylation sites (tertiary alicyclic amines) is 1. The van der Waals surface area contributed by atoms with Crippen LogP contribution >= 0.6 is 0 Å². The van der Waals surface area contributed by atoms with Gasteiger partial charge in [-0.3, -0.25) is 14.5 Å². The zero-order valence-electron chi connectivity index (χ0n) is 15.0. The Balaban J connectivity index is 1.81. The number of carbonyl (C=O) groups excluding carboxylic acids is 2. The monoisotopic (exact) mass is 331 g/mol. The van der Waals surface area contributed by atoms with E-state index >= 15 is 0 Å². The third-order valence-corrected chi connectivity index (χ3v) is 3.99. The lowest BCUT2D eigenvalue weighted by atomic mass is 10.1. The van der Waals surface area contributed by atoms with E-state index in [0.29, 0.717) is 5.56 Å². The van der Waals surface area contributed by atoms with E-state index in [1.165, 1.54) is 24.8 Å². The third kappa shape index (κ3) is 6.32. The van der Waals surface area contributed by atoms with Crippen LogP contribution in [0.2, 0.25) is 0 Å². The Morgan fingerprint density at radius 1 is 1.04 bits per heavy atom. The van der Waals surface area contributed by atoms with Gasteiger partial charge in [0.1, 0.15) is 0 Å². The Morgan fingerprint density at radius 3 is 2.25 bits per heavy atom. The van der Waals surface area contributed by atoms with Crippen LogP contribution in [0.4, 0.5) is 0 Å². The summed E-state index contributed by atoms with van der Waals surface area (Å²) in [5, 5.41) is 5.48. The van der Waals surface area contributed by atoms with E-state index in [0.717, 1.165) is 19.6 Å². The molecule has 1 heterocycles. The summed E-state index contributed by atoms with van der Waals surface area (Å²) < 4.78 is 0. The zero-order valence-corrected chi connectivity index (χ0v) is 15.0. The molecular formula is C19H29N3O2. The Labute approximate surface area is 144 Å². The summed E-state index contributed by atoms with van der Waals surface area (Å²) in [7, 11) is 0. The summed E-state index contributed by atoms with van der Waals surface area (Å²) in [6.45, 7) is 8.98. The van der Waals surface area contributed by atoms with Crippen molar-refractivity contribution in [1.82, 2.24) is 15.5 Å². The normalized spacial score (nSPS) is 15.8. The average molecular weight is 331 g/mol. The molecule has 5 heteroatoms. The van der Waals surface area contributed by atoms with E-state index in [4.69, 9.17) is 0 Å². The molecular weight excluding hydrogens is 302 g/mol. The molecule has 2 N–H and O–H groups in total. The Kier molecular flexibility index (Phi) is 6.37. The minimum absolute atomic E-state index is 0.00830. The van der Waals surface area contributed by atoms with Crippen molar-refractivity contribution >= 4 is 11.8 Å². The second-order valence-electron chi connectivity index (χ2n) is 7.51. The fourth-order valence-corrected chi connectivity index (χ4v) is 2.86. The van der Waals surface area contributed by atoms with E-state index in [1.54, 1.807) is 0 Å². The first kappa shape index (κ1) is 18.5. The molecule has 0 atom stereocenters. The number of piperidine rings is 1. The Bertz CT molecular complexity index is 555. The van der Waals surface area contributed by atoms with Crippen molar-refractivity contribution < 1.29 is 9.59 Å². The van der Waals surface area contributed by atoms with E-state index in [9.17, 15) is 9.59 Å². The number of benzene rings is 1. The molecule has 0 unspecified atom stereocenters. The molecule has 1 aromatic carbocycles. The molecule has 0 bridgehead atoms. The largest absolute Gasteiger partial charge is 0.350 e. The maximum absolute atomic E-state index is 12.1. The Morgan fingerprint density at radius 2 is 1.67 bits per heavy atom. The zero-order chi connectivity index (χ0) is 17.6. The molecule has 1 fully saturated rings. The van der Waals surface area contributed by atoms with Gasteiger partial charge < -0.3 is 10.6 Å². The van der Waals surface area contributed by atoms with Crippen molar-refractivity contribution in [2.45, 2.75) is 52.1 Å². The maximum atomic E-state index is 12.1. The summed E-state index contributed by atoms with van der Waals surface area (Å²) in [5.74, 6) is -0.402. The van der Waals surface area contributed by atoms with Crippen LogP contribution in [-0.2, 0) is 11.3 Å². The standard InChI is InChI=1S/C19H29N3O2/c1-19(2,3)21-17(23)13-20-18(24)16-9-7-15(8-10-16)14-22-11-5-4-6-12-22/h7-10H,4-6,11-14H2,1-3H3,(H,20,24)(H,21,23). The minimum atomic E-state index is -0.294. The lowest BCUT2D eigenvalue weighted by Crippen LogP contribution is -2.45. The number of rotatable bonds is 5. The maximum Gasteiger partial charge on any atom is 0.251 e. The van der Waals surface area contributed by atoms with Gasteiger partial charge in [0.2, 0.25) is 5.91 Å². The summed E-state index contributed by atoms with van der Waals surface area (Å²) in [5.41, 5.74) is 1.51. The van der Waals surface area contributed by atoms with Crippen molar-refractivity contribution in [3.63, 3.8) is 0 Å². The molecule has 1 aromatic rings. The van der Waals surface area contributed by atoms with E-state index in [1.807, 2.05) is 45.0 Å². The van der Waals surface area contributed by atoms with Gasteiger partial charge >= 0.3 is 0 Å². The second kappa shape index (κ2) is 8.29. The Hall–Kier alpha value is -1.88. The van der Waals surface area contributed by atoms with Crippen LogP contribution in [-0.4, -0.2) is 41.9 Å². The highest BCUT2D eigenvalue weighted by Crippen LogP contribution is 2.13. The third-order valence-electron chi connectivity index (χ3n) is 3.99. The van der Waals surface area contributed by atoms with Gasteiger partial charge in [0.25, 0.3) is 5.91 Å². The van der Waals surface area contributed by atoms with Gasteiger partial charge in [-0.2, -0.15) is 0 Å². The van der Waals surface area contributed by atoms with Crippen molar-refractivity contribution in [2.75, 3.05) is 19.6 Å². The molecule has 5 nitrogen and oxygen atoms in total. The van der Waals surface area contributed by atoms with Crippen LogP contribution in [0.5, 0.6) is 0 Å². The number of amides is 2. The SMILES string of the molecule is CC(C)(C)NC(=O)CNC(=O)c1ccc(CN2CCCCC2)cc1. The molecule has 1 aliphatic heterocycles. The predicted molar refractivity (Wildman–Crippen MR) is 95.8 cm³/mol. The van der Waals surface area contributed by atoms with Crippen LogP contribution in [0.3, 0.4) is 0 Å². The second-order valence-corrected chi connectivity index (χ2v) is 7.51. The summed E-state index contributed by atoms with van der Waals surface area (Å²) in [4.78, 5) is 26.3. The van der Waals surface area contributed by atoms with Crippen LogP contribution in [0.1, 0.15) is 56.0 Å². The van der Waals surface area contributed by atoms with Gasteiger partial charge in [-0.25, -0.2) is 0 Å². The molecule has 24 heavy (non-hydrogen) atoms. The van der Waals surface area contributed by atoms with Crippen LogP contribution in [0, 0.1) is 0 Å². The number of nitrogens with zero attached hydrogens (tertiary/aromatic N) is 1. The predicted octanol–water partition coefficient (Wildman–Crippen LogP) is 2.32. The van der Waals surface area contributed by atoms with Crippen molar-refractivity contribution in [2.24, 2.45) is 0 Å². The summed E-state index contributed by atoms with van der Waals surface area (Å²) in [6.07, 6.45) is 3.88. The molecule has 0 saturated carbocycles. The van der Waals surface area contributed by atoms with E-state index in [-0.39, 0.29) is 23.9 Å². The first-order valence-electron chi connectivity index (χ1n) is 8.74. The van der Waals surface area contributed by atoms with Gasteiger partial charge in [0.05, 0.1) is 6.54 Å². The van der Waals surface area contributed by atoms with Crippen LogP contribution < -0.4 is 10.6 Å². The van der Waals surface area contributed by atoms with Crippen molar-refractivity contribution in [3.8, 4) is 0 Å². The highest BCUT2D eigenvalue weighted by atomic mass is 16.2. The van der Waals surface area contributed by atoms with Crippen molar-refractivity contribution in [1.29, 1.82) is 0 Å². The molecule has 0 aliphatic carbocycles. The molecule has 132 valence electrons. The quantitative estimate of drug-likeness (QED) is 0.870. The van der Waals surface area contributed by atoms with Gasteiger partial charge in [-0.1, -0.05) is 18.6 Å². The van der Waals surface area contributed by atoms with Crippen LogP contribution in [0.25, 0.3) is 0 Å². The molecule has 1 saturated heterocycles. The van der Waals surface area contributed by atoms with E-state index in [2.05, 4.69) is 15.5 Å². The van der Waals surface area contributed by atoms with Crippen LogP contribution in [0.15, 0.2) is 24.3 Å². The number of nitrogens with one attached hydrogen (secondary N) is 2. The van der Waals surface area contributed by atoms with Gasteiger partial charge in [-0.05, 0) is 64.4 Å². The topological polar surface area (TPSA) is 61.4 Å². The van der Waals surface area contributed by atoms with Gasteiger partial charge in [0.15, 0.2) is 0 Å². The lowest BCUT2D eigenvalue weighted by Gasteiger charge is -2.26.